The molecule has 1 aliphatic rings. The molecular formula is C15H25N3. The monoisotopic (exact) mass is 247 g/mol. The lowest BCUT2D eigenvalue weighted by Crippen LogP contribution is -2.46. The summed E-state index contributed by atoms with van der Waals surface area (Å²) in [6, 6.07) is 8.63. The van der Waals surface area contributed by atoms with Gasteiger partial charge in [-0.1, -0.05) is 24.3 Å². The first-order valence-electron chi connectivity index (χ1n) is 6.87. The Kier molecular flexibility index (Phi) is 4.75. The van der Waals surface area contributed by atoms with Gasteiger partial charge < -0.3 is 15.5 Å². The predicted octanol–water partition coefficient (Wildman–Crippen LogP) is 1.28. The largest absolute Gasteiger partial charge is 0.330 e. The van der Waals surface area contributed by atoms with Crippen LogP contribution in [0.2, 0.25) is 0 Å². The van der Waals surface area contributed by atoms with E-state index in [0.29, 0.717) is 5.92 Å². The quantitative estimate of drug-likeness (QED) is 0.870. The lowest BCUT2D eigenvalue weighted by atomic mass is 9.94. The predicted molar refractivity (Wildman–Crippen MR) is 76.9 cm³/mol. The van der Waals surface area contributed by atoms with Crippen molar-refractivity contribution in [2.24, 2.45) is 5.73 Å². The number of nitrogens with zero attached hydrogens (tertiary/aromatic N) is 2. The van der Waals surface area contributed by atoms with Crippen LogP contribution in [0.5, 0.6) is 0 Å². The minimum Gasteiger partial charge on any atom is -0.330 e. The van der Waals surface area contributed by atoms with Crippen LogP contribution in [0.15, 0.2) is 24.3 Å². The zero-order chi connectivity index (χ0) is 13.0. The van der Waals surface area contributed by atoms with Crippen molar-refractivity contribution in [3.05, 3.63) is 35.4 Å². The molecule has 1 aromatic rings. The smallest absolute Gasteiger partial charge is 0.0110 e. The fraction of sp³-hybridized carbons (Fsp3) is 0.600. The van der Waals surface area contributed by atoms with Gasteiger partial charge in [-0.15, -0.1) is 0 Å². The van der Waals surface area contributed by atoms with Crippen molar-refractivity contribution in [1.82, 2.24) is 9.80 Å². The Labute approximate surface area is 111 Å². The number of aryl methyl sites for hydroxylation is 1. The van der Waals surface area contributed by atoms with E-state index < -0.39 is 0 Å². The van der Waals surface area contributed by atoms with Crippen molar-refractivity contribution in [1.29, 1.82) is 0 Å². The van der Waals surface area contributed by atoms with Crippen LogP contribution in [0.3, 0.4) is 0 Å². The third-order valence-corrected chi connectivity index (χ3v) is 3.99. The molecule has 3 nitrogen and oxygen atoms in total. The minimum atomic E-state index is 0.467. The Bertz CT molecular complexity index is 370. The average Bonchev–Trinajstić information content (AvgIpc) is 2.39. The highest BCUT2D eigenvalue weighted by Gasteiger charge is 2.19. The summed E-state index contributed by atoms with van der Waals surface area (Å²) < 4.78 is 0. The standard InChI is InChI=1S/C15H25N3/c1-13-5-3-4-6-15(13)14(11-16)12-18-9-7-17(2)8-10-18/h3-6,14H,7-12,16H2,1-2H3. The molecule has 0 spiro atoms. The second-order valence-electron chi connectivity index (χ2n) is 5.39. The fourth-order valence-corrected chi connectivity index (χ4v) is 2.69. The van der Waals surface area contributed by atoms with E-state index >= 15 is 0 Å². The summed E-state index contributed by atoms with van der Waals surface area (Å²) in [6.45, 7) is 8.68. The highest BCUT2D eigenvalue weighted by atomic mass is 15.2. The second kappa shape index (κ2) is 6.32. The van der Waals surface area contributed by atoms with E-state index in [1.807, 2.05) is 0 Å². The van der Waals surface area contributed by atoms with E-state index in [1.54, 1.807) is 0 Å². The number of benzene rings is 1. The number of rotatable bonds is 4. The van der Waals surface area contributed by atoms with Crippen molar-refractivity contribution < 1.29 is 0 Å². The normalized spacial score (nSPS) is 19.9. The molecule has 0 aromatic heterocycles. The molecule has 18 heavy (non-hydrogen) atoms. The Hall–Kier alpha value is -0.900. The topological polar surface area (TPSA) is 32.5 Å². The van der Waals surface area contributed by atoms with E-state index in [-0.39, 0.29) is 0 Å². The van der Waals surface area contributed by atoms with Crippen LogP contribution in [-0.2, 0) is 0 Å². The molecule has 0 aliphatic carbocycles. The van der Waals surface area contributed by atoms with Gasteiger partial charge in [0.1, 0.15) is 0 Å². The third-order valence-electron chi connectivity index (χ3n) is 3.99. The molecule has 0 amide bonds. The minimum absolute atomic E-state index is 0.467. The molecule has 3 heteroatoms. The van der Waals surface area contributed by atoms with Crippen molar-refractivity contribution >= 4 is 0 Å². The number of likely N-dealkylation sites (N-methyl/N-ethyl adjacent to an activating group) is 1. The maximum Gasteiger partial charge on any atom is 0.0110 e. The van der Waals surface area contributed by atoms with Crippen molar-refractivity contribution in [3.63, 3.8) is 0 Å². The van der Waals surface area contributed by atoms with Crippen LogP contribution in [0, 0.1) is 6.92 Å². The zero-order valence-electron chi connectivity index (χ0n) is 11.6. The molecule has 0 saturated carbocycles. The summed E-state index contributed by atoms with van der Waals surface area (Å²) in [6.07, 6.45) is 0. The molecule has 0 radical (unpaired) electrons. The lowest BCUT2D eigenvalue weighted by Gasteiger charge is -2.34. The van der Waals surface area contributed by atoms with E-state index in [4.69, 9.17) is 5.73 Å². The molecule has 0 bridgehead atoms. The summed E-state index contributed by atoms with van der Waals surface area (Å²) in [5.74, 6) is 0.467. The lowest BCUT2D eigenvalue weighted by molar-refractivity contribution is 0.147. The Balaban J connectivity index is 1.99. The van der Waals surface area contributed by atoms with Gasteiger partial charge in [-0.05, 0) is 25.1 Å². The first kappa shape index (κ1) is 13.5. The number of nitrogens with two attached hydrogens (primary N) is 1. The molecular weight excluding hydrogens is 222 g/mol. The van der Waals surface area contributed by atoms with Gasteiger partial charge >= 0.3 is 0 Å². The van der Waals surface area contributed by atoms with Gasteiger partial charge in [0.25, 0.3) is 0 Å². The van der Waals surface area contributed by atoms with Gasteiger partial charge in [-0.25, -0.2) is 0 Å². The van der Waals surface area contributed by atoms with Crippen LogP contribution >= 0.6 is 0 Å². The molecule has 1 fully saturated rings. The first-order chi connectivity index (χ1) is 8.70. The van der Waals surface area contributed by atoms with Crippen LogP contribution in [0.1, 0.15) is 17.0 Å². The summed E-state index contributed by atoms with van der Waals surface area (Å²) in [7, 11) is 2.19. The van der Waals surface area contributed by atoms with Crippen molar-refractivity contribution in [2.75, 3.05) is 46.3 Å². The van der Waals surface area contributed by atoms with E-state index in [1.165, 1.54) is 37.3 Å². The SMILES string of the molecule is Cc1ccccc1C(CN)CN1CCN(C)CC1. The van der Waals surface area contributed by atoms with Gasteiger partial charge in [-0.2, -0.15) is 0 Å². The Morgan fingerprint density at radius 1 is 1.17 bits per heavy atom. The average molecular weight is 247 g/mol. The molecule has 1 saturated heterocycles. The van der Waals surface area contributed by atoms with Crippen LogP contribution in [0.25, 0.3) is 0 Å². The molecule has 2 N–H and O–H groups in total. The van der Waals surface area contributed by atoms with Crippen LogP contribution < -0.4 is 5.73 Å². The van der Waals surface area contributed by atoms with Gasteiger partial charge in [0.2, 0.25) is 0 Å². The number of hydrogen-bond acceptors (Lipinski definition) is 3. The van der Waals surface area contributed by atoms with Gasteiger partial charge in [0, 0.05) is 45.2 Å². The van der Waals surface area contributed by atoms with Gasteiger partial charge in [0.15, 0.2) is 0 Å². The Morgan fingerprint density at radius 2 is 1.83 bits per heavy atom. The van der Waals surface area contributed by atoms with Crippen LogP contribution in [0.4, 0.5) is 0 Å². The van der Waals surface area contributed by atoms with Crippen molar-refractivity contribution in [3.8, 4) is 0 Å². The second-order valence-corrected chi connectivity index (χ2v) is 5.39. The molecule has 2 rings (SSSR count). The molecule has 1 atom stereocenters. The van der Waals surface area contributed by atoms with E-state index in [9.17, 15) is 0 Å². The third kappa shape index (κ3) is 3.31. The molecule has 1 aromatic carbocycles. The summed E-state index contributed by atoms with van der Waals surface area (Å²) >= 11 is 0. The van der Waals surface area contributed by atoms with Gasteiger partial charge in [0.05, 0.1) is 0 Å². The summed E-state index contributed by atoms with van der Waals surface area (Å²) in [5, 5.41) is 0. The van der Waals surface area contributed by atoms with Gasteiger partial charge in [-0.3, -0.25) is 0 Å². The first-order valence-corrected chi connectivity index (χ1v) is 6.87. The Morgan fingerprint density at radius 3 is 2.44 bits per heavy atom. The fourth-order valence-electron chi connectivity index (χ4n) is 2.69. The number of hydrogen-bond donors (Lipinski definition) is 1. The summed E-state index contributed by atoms with van der Waals surface area (Å²) in [5.41, 5.74) is 8.76. The highest BCUT2D eigenvalue weighted by Crippen LogP contribution is 2.20. The summed E-state index contributed by atoms with van der Waals surface area (Å²) in [4.78, 5) is 4.94. The van der Waals surface area contributed by atoms with E-state index in [0.717, 1.165) is 13.1 Å². The van der Waals surface area contributed by atoms with Crippen molar-refractivity contribution in [2.45, 2.75) is 12.8 Å². The maximum absolute atomic E-state index is 5.98. The molecule has 100 valence electrons. The molecule has 1 heterocycles. The molecule has 1 aliphatic heterocycles. The molecule has 1 unspecified atom stereocenters. The number of piperazine rings is 1. The maximum atomic E-state index is 5.98. The highest BCUT2D eigenvalue weighted by molar-refractivity contribution is 5.29. The van der Waals surface area contributed by atoms with E-state index in [2.05, 4.69) is 48.0 Å². The zero-order valence-corrected chi connectivity index (χ0v) is 11.6. The van der Waals surface area contributed by atoms with Crippen LogP contribution in [-0.4, -0.2) is 56.1 Å².